The monoisotopic (exact) mass is 373 g/mol. The summed E-state index contributed by atoms with van der Waals surface area (Å²) < 4.78 is 5.41. The first-order valence-corrected chi connectivity index (χ1v) is 9.51. The number of hydrogen-bond acceptors (Lipinski definition) is 5. The van der Waals surface area contributed by atoms with E-state index >= 15 is 0 Å². The Morgan fingerprint density at radius 1 is 1.11 bits per heavy atom. The van der Waals surface area contributed by atoms with Crippen LogP contribution in [-0.4, -0.2) is 73.0 Å². The molecule has 7 nitrogen and oxygen atoms in total. The summed E-state index contributed by atoms with van der Waals surface area (Å²) in [6.07, 6.45) is 0.966. The molecule has 0 aliphatic carbocycles. The highest BCUT2D eigenvalue weighted by atomic mass is 16.5. The van der Waals surface area contributed by atoms with Gasteiger partial charge in [0.25, 0.3) is 11.8 Å². The largest absolute Gasteiger partial charge is 0.379 e. The van der Waals surface area contributed by atoms with Gasteiger partial charge in [0.2, 0.25) is 5.91 Å². The lowest BCUT2D eigenvalue weighted by atomic mass is 10.0. The molecule has 0 saturated carbocycles. The Balaban J connectivity index is 1.57. The highest BCUT2D eigenvalue weighted by Gasteiger charge is 2.36. The molecule has 1 atom stereocenters. The number of benzene rings is 1. The second kappa shape index (κ2) is 8.63. The fourth-order valence-electron chi connectivity index (χ4n) is 3.66. The number of ether oxygens (including phenoxy) is 1. The Bertz CT molecular complexity index is 678. The van der Waals surface area contributed by atoms with Gasteiger partial charge < -0.3 is 10.1 Å². The topological polar surface area (TPSA) is 79.0 Å². The van der Waals surface area contributed by atoms with Crippen molar-refractivity contribution < 1.29 is 19.1 Å². The van der Waals surface area contributed by atoms with Crippen LogP contribution in [0.1, 0.15) is 41.0 Å². The van der Waals surface area contributed by atoms with Gasteiger partial charge in [0, 0.05) is 25.7 Å². The summed E-state index contributed by atoms with van der Waals surface area (Å²) in [5, 5.41) is 2.91. The number of fused-ring (bicyclic) bond motifs is 1. The molecule has 2 aliphatic heterocycles. The van der Waals surface area contributed by atoms with E-state index in [1.165, 1.54) is 0 Å². The fraction of sp³-hybridized carbons (Fsp3) is 0.550. The van der Waals surface area contributed by atoms with Crippen LogP contribution in [0.3, 0.4) is 0 Å². The molecule has 2 heterocycles. The Kier molecular flexibility index (Phi) is 6.23. The normalized spacial score (nSPS) is 18.7. The van der Waals surface area contributed by atoms with Crippen molar-refractivity contribution in [2.24, 2.45) is 5.92 Å². The van der Waals surface area contributed by atoms with Crippen molar-refractivity contribution in [3.63, 3.8) is 0 Å². The van der Waals surface area contributed by atoms with Crippen molar-refractivity contribution in [2.45, 2.75) is 26.3 Å². The van der Waals surface area contributed by atoms with Crippen LogP contribution in [0, 0.1) is 5.92 Å². The van der Waals surface area contributed by atoms with Crippen LogP contribution in [-0.2, 0) is 9.53 Å². The van der Waals surface area contributed by atoms with Gasteiger partial charge in [0.1, 0.15) is 6.54 Å². The van der Waals surface area contributed by atoms with Gasteiger partial charge in [-0.2, -0.15) is 0 Å². The minimum absolute atomic E-state index is 0.222. The van der Waals surface area contributed by atoms with E-state index in [1.807, 2.05) is 0 Å². The first-order valence-electron chi connectivity index (χ1n) is 9.51. The second-order valence-corrected chi connectivity index (χ2v) is 7.48. The molecule has 3 amide bonds. The number of imide groups is 1. The van der Waals surface area contributed by atoms with E-state index < -0.39 is 11.8 Å². The van der Waals surface area contributed by atoms with Crippen LogP contribution < -0.4 is 5.32 Å². The van der Waals surface area contributed by atoms with Gasteiger partial charge in [-0.1, -0.05) is 26.0 Å². The molecule has 0 aromatic heterocycles. The summed E-state index contributed by atoms with van der Waals surface area (Å²) in [4.78, 5) is 40.5. The molecule has 3 rings (SSSR count). The van der Waals surface area contributed by atoms with E-state index in [4.69, 9.17) is 4.74 Å². The number of nitrogens with one attached hydrogen (secondary N) is 1. The first-order chi connectivity index (χ1) is 13.0. The van der Waals surface area contributed by atoms with Crippen molar-refractivity contribution in [1.29, 1.82) is 0 Å². The average Bonchev–Trinajstić information content (AvgIpc) is 2.91. The number of carbonyl (C=O) groups is 3. The van der Waals surface area contributed by atoms with Crippen LogP contribution in [0.2, 0.25) is 0 Å². The maximum Gasteiger partial charge on any atom is 0.262 e. The molecular formula is C20H27N3O4. The summed E-state index contributed by atoms with van der Waals surface area (Å²) in [5.74, 6) is -0.618. The van der Waals surface area contributed by atoms with Crippen molar-refractivity contribution in [1.82, 2.24) is 15.1 Å². The van der Waals surface area contributed by atoms with Gasteiger partial charge in [0.15, 0.2) is 0 Å². The number of carbonyl (C=O) groups excluding carboxylic acids is 3. The van der Waals surface area contributed by atoms with Crippen molar-refractivity contribution in [3.8, 4) is 0 Å². The van der Waals surface area contributed by atoms with E-state index in [-0.39, 0.29) is 18.5 Å². The zero-order chi connectivity index (χ0) is 19.4. The van der Waals surface area contributed by atoms with E-state index in [2.05, 4.69) is 24.1 Å². The Labute approximate surface area is 159 Å². The predicted molar refractivity (Wildman–Crippen MR) is 100 cm³/mol. The molecule has 1 fully saturated rings. The molecule has 1 aromatic rings. The summed E-state index contributed by atoms with van der Waals surface area (Å²) >= 11 is 0. The molecule has 0 bridgehead atoms. The SMILES string of the molecule is CC(C)CC(CNC(=O)CN1C(=O)c2ccccc2C1=O)N1CCOCC1. The summed E-state index contributed by atoms with van der Waals surface area (Å²) in [5.41, 5.74) is 0.725. The predicted octanol–water partition coefficient (Wildman–Crippen LogP) is 1.15. The number of rotatable bonds is 7. The standard InChI is InChI=1S/C20H27N3O4/c1-14(2)11-15(22-7-9-27-10-8-22)12-21-18(24)13-23-19(25)16-5-3-4-6-17(16)20(23)26/h3-6,14-15H,7-13H2,1-2H3,(H,21,24). The smallest absolute Gasteiger partial charge is 0.262 e. The van der Waals surface area contributed by atoms with Crippen LogP contribution >= 0.6 is 0 Å². The minimum Gasteiger partial charge on any atom is -0.379 e. The van der Waals surface area contributed by atoms with Crippen LogP contribution in [0.4, 0.5) is 0 Å². The lowest BCUT2D eigenvalue weighted by Crippen LogP contribution is -2.50. The highest BCUT2D eigenvalue weighted by molar-refractivity contribution is 6.22. The minimum atomic E-state index is -0.405. The number of hydrogen-bond donors (Lipinski definition) is 1. The van der Waals surface area contributed by atoms with Crippen molar-refractivity contribution in [2.75, 3.05) is 39.4 Å². The summed E-state index contributed by atoms with van der Waals surface area (Å²) in [7, 11) is 0. The number of morpholine rings is 1. The summed E-state index contributed by atoms with van der Waals surface area (Å²) in [6, 6.07) is 6.88. The first kappa shape index (κ1) is 19.5. The molecule has 146 valence electrons. The lowest BCUT2D eigenvalue weighted by Gasteiger charge is -2.35. The maximum absolute atomic E-state index is 12.4. The zero-order valence-corrected chi connectivity index (χ0v) is 15.9. The Morgan fingerprint density at radius 2 is 1.70 bits per heavy atom. The molecular weight excluding hydrogens is 346 g/mol. The average molecular weight is 373 g/mol. The quantitative estimate of drug-likeness (QED) is 0.726. The third-order valence-electron chi connectivity index (χ3n) is 5.02. The highest BCUT2D eigenvalue weighted by Crippen LogP contribution is 2.22. The summed E-state index contributed by atoms with van der Waals surface area (Å²) in [6.45, 7) is 7.69. The molecule has 1 saturated heterocycles. The van der Waals surface area contributed by atoms with Gasteiger partial charge in [-0.15, -0.1) is 0 Å². The van der Waals surface area contributed by atoms with Gasteiger partial charge >= 0.3 is 0 Å². The molecule has 1 unspecified atom stereocenters. The Hall–Kier alpha value is -2.25. The maximum atomic E-state index is 12.4. The van der Waals surface area contributed by atoms with E-state index in [1.54, 1.807) is 24.3 Å². The third kappa shape index (κ3) is 4.54. The number of nitrogens with zero attached hydrogens (tertiary/aromatic N) is 2. The zero-order valence-electron chi connectivity index (χ0n) is 15.9. The molecule has 7 heteroatoms. The van der Waals surface area contributed by atoms with Crippen LogP contribution in [0.25, 0.3) is 0 Å². The van der Waals surface area contributed by atoms with E-state index in [0.29, 0.717) is 36.8 Å². The van der Waals surface area contributed by atoms with Gasteiger partial charge in [0.05, 0.1) is 24.3 Å². The molecule has 0 radical (unpaired) electrons. The van der Waals surface area contributed by atoms with Crippen LogP contribution in [0.5, 0.6) is 0 Å². The molecule has 27 heavy (non-hydrogen) atoms. The van der Waals surface area contributed by atoms with Crippen molar-refractivity contribution >= 4 is 17.7 Å². The lowest BCUT2D eigenvalue weighted by molar-refractivity contribution is -0.121. The molecule has 1 N–H and O–H groups in total. The van der Waals surface area contributed by atoms with E-state index in [0.717, 1.165) is 24.4 Å². The van der Waals surface area contributed by atoms with Crippen molar-refractivity contribution in [3.05, 3.63) is 35.4 Å². The van der Waals surface area contributed by atoms with E-state index in [9.17, 15) is 14.4 Å². The second-order valence-electron chi connectivity index (χ2n) is 7.48. The van der Waals surface area contributed by atoms with Crippen LogP contribution in [0.15, 0.2) is 24.3 Å². The fourth-order valence-corrected chi connectivity index (χ4v) is 3.66. The molecule has 1 aromatic carbocycles. The molecule has 2 aliphatic rings. The number of amides is 3. The van der Waals surface area contributed by atoms with Gasteiger partial charge in [-0.25, -0.2) is 0 Å². The van der Waals surface area contributed by atoms with Gasteiger partial charge in [-0.3, -0.25) is 24.2 Å². The Morgan fingerprint density at radius 3 is 2.26 bits per heavy atom. The third-order valence-corrected chi connectivity index (χ3v) is 5.02. The van der Waals surface area contributed by atoms with Gasteiger partial charge in [-0.05, 0) is 24.5 Å². The molecule has 0 spiro atoms.